The molecule has 0 amide bonds. The van der Waals surface area contributed by atoms with Gasteiger partial charge in [-0.3, -0.25) is 0 Å². The summed E-state index contributed by atoms with van der Waals surface area (Å²) in [5.74, 6) is 2.88. The van der Waals surface area contributed by atoms with Crippen molar-refractivity contribution in [1.29, 1.82) is 0 Å². The molecular formula is C30H24N4O2. The van der Waals surface area contributed by atoms with Crippen molar-refractivity contribution in [2.45, 2.75) is 19.4 Å². The molecule has 0 fully saturated rings. The van der Waals surface area contributed by atoms with E-state index in [0.717, 1.165) is 41.2 Å². The Morgan fingerprint density at radius 2 is 1.50 bits per heavy atom. The van der Waals surface area contributed by atoms with Gasteiger partial charge in [0, 0.05) is 6.07 Å². The predicted molar refractivity (Wildman–Crippen MR) is 139 cm³/mol. The van der Waals surface area contributed by atoms with Gasteiger partial charge >= 0.3 is 0 Å². The van der Waals surface area contributed by atoms with Crippen LogP contribution in [-0.2, 0) is 19.4 Å². The van der Waals surface area contributed by atoms with Crippen LogP contribution < -0.4 is 9.47 Å². The lowest BCUT2D eigenvalue weighted by molar-refractivity contribution is 0.304. The summed E-state index contributed by atoms with van der Waals surface area (Å²) >= 11 is 0. The fourth-order valence-corrected chi connectivity index (χ4v) is 4.56. The number of hydrogen-bond acceptors (Lipinski definition) is 5. The van der Waals surface area contributed by atoms with Crippen molar-refractivity contribution >= 4 is 11.6 Å². The zero-order valence-corrected chi connectivity index (χ0v) is 19.6. The Morgan fingerprint density at radius 1 is 0.722 bits per heavy atom. The zero-order valence-electron chi connectivity index (χ0n) is 19.6. The van der Waals surface area contributed by atoms with Gasteiger partial charge in [0.1, 0.15) is 23.9 Å². The van der Waals surface area contributed by atoms with Crippen molar-refractivity contribution < 1.29 is 9.47 Å². The second-order valence-corrected chi connectivity index (χ2v) is 8.66. The standard InChI is InChI=1S/C30H24N4O2/c1-2-8-24(9-3-1)36-26-11-6-10-25(18-26)35-20-21-13-16-28-23(17-21)15-14-22-7-4-5-12-27(22)29(28)19-30-31-33-34-32-30/h1-13,16-19H,14-15,20H2,(H,31,32,33,34)/b29-19+. The van der Waals surface area contributed by atoms with Crippen LogP contribution >= 0.6 is 0 Å². The van der Waals surface area contributed by atoms with Crippen LogP contribution in [0.1, 0.15) is 33.6 Å². The molecule has 0 unspecified atom stereocenters. The number of nitrogens with zero attached hydrogens (tertiary/aromatic N) is 3. The number of benzene rings is 4. The zero-order chi connectivity index (χ0) is 24.2. The number of hydrogen-bond donors (Lipinski definition) is 1. The van der Waals surface area contributed by atoms with E-state index in [1.807, 2.05) is 60.7 Å². The van der Waals surface area contributed by atoms with E-state index in [9.17, 15) is 0 Å². The lowest BCUT2D eigenvalue weighted by atomic mass is 9.92. The van der Waals surface area contributed by atoms with E-state index in [0.29, 0.717) is 12.4 Å². The summed E-state index contributed by atoms with van der Waals surface area (Å²) in [6.45, 7) is 0.471. The van der Waals surface area contributed by atoms with Crippen LogP contribution in [-0.4, -0.2) is 20.6 Å². The number of para-hydroxylation sites is 1. The van der Waals surface area contributed by atoms with Gasteiger partial charge in [-0.05, 0) is 81.8 Å². The molecule has 1 aliphatic rings. The quantitative estimate of drug-likeness (QED) is 0.316. The molecule has 4 aromatic carbocycles. The van der Waals surface area contributed by atoms with Gasteiger partial charge in [0.2, 0.25) is 0 Å². The van der Waals surface area contributed by atoms with Crippen LogP contribution in [0, 0.1) is 0 Å². The summed E-state index contributed by atoms with van der Waals surface area (Å²) in [5, 5.41) is 14.5. The number of nitrogens with one attached hydrogen (secondary N) is 1. The number of fused-ring (bicyclic) bond motifs is 2. The third-order valence-corrected chi connectivity index (χ3v) is 6.26. The van der Waals surface area contributed by atoms with Gasteiger partial charge in [0.05, 0.1) is 0 Å². The summed E-state index contributed by atoms with van der Waals surface area (Å²) in [4.78, 5) is 0. The Labute approximate surface area is 209 Å². The second-order valence-electron chi connectivity index (χ2n) is 8.66. The molecule has 36 heavy (non-hydrogen) atoms. The van der Waals surface area contributed by atoms with Crippen molar-refractivity contribution in [1.82, 2.24) is 20.6 Å². The topological polar surface area (TPSA) is 72.9 Å². The van der Waals surface area contributed by atoms with Gasteiger partial charge in [-0.2, -0.15) is 5.21 Å². The molecule has 1 heterocycles. The molecule has 0 spiro atoms. The number of aromatic nitrogens is 4. The van der Waals surface area contributed by atoms with E-state index in [4.69, 9.17) is 9.47 Å². The van der Waals surface area contributed by atoms with Gasteiger partial charge in [-0.15, -0.1) is 10.2 Å². The van der Waals surface area contributed by atoms with Crippen molar-refractivity contribution in [3.63, 3.8) is 0 Å². The van der Waals surface area contributed by atoms with E-state index in [1.165, 1.54) is 22.3 Å². The van der Waals surface area contributed by atoms with Crippen molar-refractivity contribution in [2.75, 3.05) is 0 Å². The Morgan fingerprint density at radius 3 is 2.39 bits per heavy atom. The molecule has 0 radical (unpaired) electrons. The molecule has 1 aliphatic carbocycles. The molecule has 6 rings (SSSR count). The molecule has 176 valence electrons. The number of ether oxygens (including phenoxy) is 2. The first-order chi connectivity index (χ1) is 17.8. The van der Waals surface area contributed by atoms with Gasteiger partial charge in [-0.25, -0.2) is 0 Å². The number of aryl methyl sites for hydroxylation is 2. The fraction of sp³-hybridized carbons (Fsp3) is 0.100. The Hall–Kier alpha value is -4.71. The molecule has 6 nitrogen and oxygen atoms in total. The van der Waals surface area contributed by atoms with Gasteiger partial charge in [-0.1, -0.05) is 66.7 Å². The highest BCUT2D eigenvalue weighted by Gasteiger charge is 2.19. The van der Waals surface area contributed by atoms with E-state index in [1.54, 1.807) is 0 Å². The van der Waals surface area contributed by atoms with Crippen molar-refractivity contribution in [3.8, 4) is 17.2 Å². The van der Waals surface area contributed by atoms with E-state index in [-0.39, 0.29) is 0 Å². The molecule has 0 bridgehead atoms. The number of H-pyrrole nitrogens is 1. The average Bonchev–Trinajstić information content (AvgIpc) is 3.39. The molecule has 6 heteroatoms. The Balaban J connectivity index is 1.24. The average molecular weight is 473 g/mol. The van der Waals surface area contributed by atoms with Crippen LogP contribution in [0.3, 0.4) is 0 Å². The highest BCUT2D eigenvalue weighted by Crippen LogP contribution is 2.35. The molecule has 5 aromatic rings. The summed E-state index contributed by atoms with van der Waals surface area (Å²) in [7, 11) is 0. The SMILES string of the molecule is C(=C1/c2ccccc2CCc2cc(COc3cccc(Oc4ccccc4)c3)ccc21)/c1nn[nH]n1. The maximum Gasteiger partial charge on any atom is 0.198 e. The van der Waals surface area contributed by atoms with E-state index < -0.39 is 0 Å². The Bertz CT molecular complexity index is 1510. The predicted octanol–water partition coefficient (Wildman–Crippen LogP) is 6.26. The van der Waals surface area contributed by atoms with Crippen LogP contribution in [0.2, 0.25) is 0 Å². The highest BCUT2D eigenvalue weighted by molar-refractivity contribution is 5.93. The molecule has 1 N–H and O–H groups in total. The minimum atomic E-state index is 0.471. The summed E-state index contributed by atoms with van der Waals surface area (Å²) in [6, 6.07) is 32.6. The second kappa shape index (κ2) is 9.88. The molecule has 0 atom stereocenters. The Kier molecular flexibility index (Phi) is 5.98. The first kappa shape index (κ1) is 21.8. The minimum Gasteiger partial charge on any atom is -0.489 e. The maximum atomic E-state index is 6.14. The molecule has 0 saturated heterocycles. The lowest BCUT2D eigenvalue weighted by Crippen LogP contribution is -2.00. The highest BCUT2D eigenvalue weighted by atomic mass is 16.5. The largest absolute Gasteiger partial charge is 0.489 e. The monoisotopic (exact) mass is 472 g/mol. The van der Waals surface area contributed by atoms with Crippen molar-refractivity contribution in [3.05, 3.63) is 131 Å². The van der Waals surface area contributed by atoms with Gasteiger partial charge in [0.25, 0.3) is 0 Å². The molecular weight excluding hydrogens is 448 g/mol. The lowest BCUT2D eigenvalue weighted by Gasteiger charge is -2.14. The first-order valence-corrected chi connectivity index (χ1v) is 11.9. The summed E-state index contributed by atoms with van der Waals surface area (Å²) in [5.41, 5.74) is 7.22. The van der Waals surface area contributed by atoms with Crippen LogP contribution in [0.4, 0.5) is 0 Å². The maximum absolute atomic E-state index is 6.14. The third-order valence-electron chi connectivity index (χ3n) is 6.26. The van der Waals surface area contributed by atoms with Gasteiger partial charge < -0.3 is 9.47 Å². The third kappa shape index (κ3) is 4.74. The van der Waals surface area contributed by atoms with Crippen LogP contribution in [0.5, 0.6) is 17.2 Å². The molecule has 0 aliphatic heterocycles. The number of aromatic amines is 1. The molecule has 0 saturated carbocycles. The fourth-order valence-electron chi connectivity index (χ4n) is 4.56. The van der Waals surface area contributed by atoms with Crippen LogP contribution in [0.25, 0.3) is 11.6 Å². The number of rotatable bonds is 6. The summed E-state index contributed by atoms with van der Waals surface area (Å²) < 4.78 is 12.1. The van der Waals surface area contributed by atoms with E-state index in [2.05, 4.69) is 63.1 Å². The number of tetrazole rings is 1. The smallest absolute Gasteiger partial charge is 0.198 e. The van der Waals surface area contributed by atoms with Crippen molar-refractivity contribution in [2.24, 2.45) is 0 Å². The van der Waals surface area contributed by atoms with Gasteiger partial charge in [0.15, 0.2) is 5.82 Å². The van der Waals surface area contributed by atoms with Crippen LogP contribution in [0.15, 0.2) is 97.1 Å². The normalized spacial score (nSPS) is 13.5. The summed E-state index contributed by atoms with van der Waals surface area (Å²) in [6.07, 6.45) is 3.92. The minimum absolute atomic E-state index is 0.471. The molecule has 1 aromatic heterocycles. The van der Waals surface area contributed by atoms with E-state index >= 15 is 0 Å². The first-order valence-electron chi connectivity index (χ1n) is 11.9.